The van der Waals surface area contributed by atoms with E-state index in [0.29, 0.717) is 6.54 Å². The summed E-state index contributed by atoms with van der Waals surface area (Å²) in [6.07, 6.45) is 1.82. The van der Waals surface area contributed by atoms with E-state index in [4.69, 9.17) is 4.74 Å². The van der Waals surface area contributed by atoms with Gasteiger partial charge < -0.3 is 10.1 Å². The fourth-order valence-electron chi connectivity index (χ4n) is 2.14. The van der Waals surface area contributed by atoms with Gasteiger partial charge in [0, 0.05) is 27.7 Å². The third kappa shape index (κ3) is 2.63. The van der Waals surface area contributed by atoms with Crippen LogP contribution in [-0.4, -0.2) is 17.3 Å². The highest BCUT2D eigenvalue weighted by molar-refractivity contribution is 9.10. The number of ether oxygens (including phenoxy) is 1. The van der Waals surface area contributed by atoms with Gasteiger partial charge in [-0.2, -0.15) is 5.10 Å². The number of rotatable bonds is 4. The maximum absolute atomic E-state index is 5.37. The van der Waals surface area contributed by atoms with Crippen molar-refractivity contribution in [2.24, 2.45) is 0 Å². The van der Waals surface area contributed by atoms with E-state index in [1.165, 1.54) is 0 Å². The van der Waals surface area contributed by atoms with Gasteiger partial charge in [0.15, 0.2) is 0 Å². The average Bonchev–Trinajstić information content (AvgIpc) is 2.92. The molecule has 0 saturated heterocycles. The molecule has 5 heteroatoms. The standard InChI is InChI=1S/C15H14BrN3O/c1-20-15-5-2-12(16)6-11(15)8-17-13-3-4-14-10(7-13)9-18-19-14/h2-7,9,17H,8H2,1H3,(H,18,19). The summed E-state index contributed by atoms with van der Waals surface area (Å²) in [6.45, 7) is 0.700. The minimum absolute atomic E-state index is 0.700. The lowest BCUT2D eigenvalue weighted by Gasteiger charge is -2.11. The molecular weight excluding hydrogens is 318 g/mol. The molecule has 2 aromatic carbocycles. The van der Waals surface area contributed by atoms with E-state index < -0.39 is 0 Å². The van der Waals surface area contributed by atoms with Crippen LogP contribution < -0.4 is 10.1 Å². The Bertz CT molecular complexity index is 739. The molecule has 0 saturated carbocycles. The summed E-state index contributed by atoms with van der Waals surface area (Å²) in [7, 11) is 1.68. The molecule has 0 atom stereocenters. The minimum Gasteiger partial charge on any atom is -0.496 e. The number of methoxy groups -OCH3 is 1. The highest BCUT2D eigenvalue weighted by Crippen LogP contribution is 2.24. The van der Waals surface area contributed by atoms with Crippen LogP contribution in [0.2, 0.25) is 0 Å². The molecule has 0 bridgehead atoms. The average molecular weight is 332 g/mol. The molecular formula is C15H14BrN3O. The first-order chi connectivity index (χ1) is 9.76. The quantitative estimate of drug-likeness (QED) is 0.761. The molecule has 1 heterocycles. The molecule has 0 radical (unpaired) electrons. The van der Waals surface area contributed by atoms with Crippen molar-refractivity contribution in [3.05, 3.63) is 52.6 Å². The molecule has 0 unspecified atom stereocenters. The summed E-state index contributed by atoms with van der Waals surface area (Å²) >= 11 is 3.48. The summed E-state index contributed by atoms with van der Waals surface area (Å²) in [6, 6.07) is 12.1. The number of nitrogens with one attached hydrogen (secondary N) is 2. The second kappa shape index (κ2) is 5.54. The molecule has 0 aliphatic rings. The summed E-state index contributed by atoms with van der Waals surface area (Å²) in [5.41, 5.74) is 3.20. The Balaban J connectivity index is 1.80. The fraction of sp³-hybridized carbons (Fsp3) is 0.133. The number of aromatic amines is 1. The van der Waals surface area contributed by atoms with Crippen LogP contribution in [0.5, 0.6) is 5.75 Å². The third-order valence-electron chi connectivity index (χ3n) is 3.17. The highest BCUT2D eigenvalue weighted by Gasteiger charge is 2.04. The van der Waals surface area contributed by atoms with Crippen LogP contribution >= 0.6 is 15.9 Å². The maximum Gasteiger partial charge on any atom is 0.123 e. The number of nitrogens with zero attached hydrogens (tertiary/aromatic N) is 1. The molecule has 2 N–H and O–H groups in total. The Morgan fingerprint density at radius 2 is 2.15 bits per heavy atom. The monoisotopic (exact) mass is 331 g/mol. The number of aromatic nitrogens is 2. The molecule has 0 aliphatic carbocycles. The Kier molecular flexibility index (Phi) is 3.60. The first-order valence-corrected chi connectivity index (χ1v) is 7.05. The predicted octanol–water partition coefficient (Wildman–Crippen LogP) is 3.95. The minimum atomic E-state index is 0.700. The smallest absolute Gasteiger partial charge is 0.123 e. The first-order valence-electron chi connectivity index (χ1n) is 6.26. The molecule has 1 aromatic heterocycles. The van der Waals surface area contributed by atoms with Crippen molar-refractivity contribution in [2.45, 2.75) is 6.54 Å². The van der Waals surface area contributed by atoms with Crippen LogP contribution in [-0.2, 0) is 6.54 Å². The van der Waals surface area contributed by atoms with Gasteiger partial charge in [0.2, 0.25) is 0 Å². The van der Waals surface area contributed by atoms with Crippen LogP contribution in [0.15, 0.2) is 47.1 Å². The van der Waals surface area contributed by atoms with Crippen molar-refractivity contribution in [2.75, 3.05) is 12.4 Å². The lowest BCUT2D eigenvalue weighted by Crippen LogP contribution is -2.01. The SMILES string of the molecule is COc1ccc(Br)cc1CNc1ccc2[nH]ncc2c1. The van der Waals surface area contributed by atoms with E-state index >= 15 is 0 Å². The molecule has 3 rings (SSSR count). The van der Waals surface area contributed by atoms with Crippen molar-refractivity contribution in [1.82, 2.24) is 10.2 Å². The van der Waals surface area contributed by atoms with E-state index in [0.717, 1.165) is 32.4 Å². The number of halogens is 1. The maximum atomic E-state index is 5.37. The third-order valence-corrected chi connectivity index (χ3v) is 3.66. The van der Waals surface area contributed by atoms with Gasteiger partial charge in [0.25, 0.3) is 0 Å². The molecule has 0 fully saturated rings. The van der Waals surface area contributed by atoms with Gasteiger partial charge in [-0.25, -0.2) is 0 Å². The van der Waals surface area contributed by atoms with Crippen LogP contribution in [0.4, 0.5) is 5.69 Å². The molecule has 3 aromatic rings. The van der Waals surface area contributed by atoms with Crippen LogP contribution in [0, 0.1) is 0 Å². The van der Waals surface area contributed by atoms with Crippen LogP contribution in [0.25, 0.3) is 10.9 Å². The number of H-pyrrole nitrogens is 1. The summed E-state index contributed by atoms with van der Waals surface area (Å²) in [5, 5.41) is 11.5. The second-order valence-electron chi connectivity index (χ2n) is 4.48. The van der Waals surface area contributed by atoms with Crippen molar-refractivity contribution in [3.63, 3.8) is 0 Å². The first kappa shape index (κ1) is 13.0. The number of anilines is 1. The van der Waals surface area contributed by atoms with E-state index in [-0.39, 0.29) is 0 Å². The van der Waals surface area contributed by atoms with Gasteiger partial charge in [0.1, 0.15) is 5.75 Å². The van der Waals surface area contributed by atoms with E-state index in [1.54, 1.807) is 7.11 Å². The van der Waals surface area contributed by atoms with Gasteiger partial charge in [-0.05, 0) is 36.4 Å². The molecule has 20 heavy (non-hydrogen) atoms. The Morgan fingerprint density at radius 1 is 1.25 bits per heavy atom. The summed E-state index contributed by atoms with van der Waals surface area (Å²) in [4.78, 5) is 0. The number of fused-ring (bicyclic) bond motifs is 1. The van der Waals surface area contributed by atoms with Gasteiger partial charge in [-0.3, -0.25) is 5.10 Å². The van der Waals surface area contributed by atoms with Crippen molar-refractivity contribution in [1.29, 1.82) is 0 Å². The Morgan fingerprint density at radius 3 is 3.00 bits per heavy atom. The van der Waals surface area contributed by atoms with Gasteiger partial charge in [-0.1, -0.05) is 15.9 Å². The van der Waals surface area contributed by atoms with E-state index in [9.17, 15) is 0 Å². The summed E-state index contributed by atoms with van der Waals surface area (Å²) in [5.74, 6) is 0.880. The van der Waals surface area contributed by atoms with E-state index in [2.05, 4.69) is 43.6 Å². The lowest BCUT2D eigenvalue weighted by molar-refractivity contribution is 0.410. The van der Waals surface area contributed by atoms with E-state index in [1.807, 2.05) is 30.5 Å². The number of benzene rings is 2. The zero-order valence-electron chi connectivity index (χ0n) is 11.0. The van der Waals surface area contributed by atoms with Gasteiger partial charge >= 0.3 is 0 Å². The second-order valence-corrected chi connectivity index (χ2v) is 5.40. The highest BCUT2D eigenvalue weighted by atomic mass is 79.9. The number of hydrogen-bond acceptors (Lipinski definition) is 3. The molecule has 0 spiro atoms. The van der Waals surface area contributed by atoms with Crippen molar-refractivity contribution < 1.29 is 4.74 Å². The normalized spacial score (nSPS) is 10.7. The van der Waals surface area contributed by atoms with Crippen LogP contribution in [0.3, 0.4) is 0 Å². The lowest BCUT2D eigenvalue weighted by atomic mass is 10.2. The Hall–Kier alpha value is -2.01. The van der Waals surface area contributed by atoms with Gasteiger partial charge in [0.05, 0.1) is 18.8 Å². The molecule has 0 amide bonds. The fourth-order valence-corrected chi connectivity index (χ4v) is 2.54. The molecule has 102 valence electrons. The predicted molar refractivity (Wildman–Crippen MR) is 84.1 cm³/mol. The topological polar surface area (TPSA) is 49.9 Å². The Labute approximate surface area is 125 Å². The molecule has 0 aliphatic heterocycles. The van der Waals surface area contributed by atoms with Crippen molar-refractivity contribution in [3.8, 4) is 5.75 Å². The zero-order chi connectivity index (χ0) is 13.9. The largest absolute Gasteiger partial charge is 0.496 e. The van der Waals surface area contributed by atoms with Gasteiger partial charge in [-0.15, -0.1) is 0 Å². The number of hydrogen-bond donors (Lipinski definition) is 2. The van der Waals surface area contributed by atoms with Crippen LogP contribution in [0.1, 0.15) is 5.56 Å². The molecule has 4 nitrogen and oxygen atoms in total. The zero-order valence-corrected chi connectivity index (χ0v) is 12.6. The summed E-state index contributed by atoms with van der Waals surface area (Å²) < 4.78 is 6.41. The van der Waals surface area contributed by atoms with Crippen molar-refractivity contribution >= 4 is 32.5 Å².